The Bertz CT molecular complexity index is 382. The predicted octanol–water partition coefficient (Wildman–Crippen LogP) is 2.39. The zero-order chi connectivity index (χ0) is 13.4. The van der Waals surface area contributed by atoms with Gasteiger partial charge in [-0.05, 0) is 0 Å². The lowest BCUT2D eigenvalue weighted by atomic mass is 9.96. The van der Waals surface area contributed by atoms with Crippen LogP contribution in [0, 0.1) is 0 Å². The zero-order valence-electron chi connectivity index (χ0n) is 10.0. The van der Waals surface area contributed by atoms with E-state index < -0.39 is 23.6 Å². The average Bonchev–Trinajstić information content (AvgIpc) is 2.61. The maximum absolute atomic E-state index is 12.3. The molecule has 4 nitrogen and oxygen atoms in total. The van der Waals surface area contributed by atoms with Crippen LogP contribution in [-0.2, 0) is 5.41 Å². The topological polar surface area (TPSA) is 59.2 Å². The lowest BCUT2D eigenvalue weighted by Crippen LogP contribution is -2.33. The highest BCUT2D eigenvalue weighted by molar-refractivity contribution is 5.03. The van der Waals surface area contributed by atoms with E-state index in [0.29, 0.717) is 5.82 Å². The average molecular weight is 252 g/mol. The number of aromatic nitrogens is 2. The van der Waals surface area contributed by atoms with Crippen molar-refractivity contribution in [3.8, 4) is 0 Å². The highest BCUT2D eigenvalue weighted by Gasteiger charge is 2.44. The van der Waals surface area contributed by atoms with Crippen LogP contribution in [0.5, 0.6) is 0 Å². The molecule has 98 valence electrons. The monoisotopic (exact) mass is 252 g/mol. The maximum atomic E-state index is 12.3. The molecule has 0 saturated heterocycles. The van der Waals surface area contributed by atoms with Gasteiger partial charge in [-0.25, -0.2) is 0 Å². The van der Waals surface area contributed by atoms with Crippen molar-refractivity contribution in [2.45, 2.75) is 51.3 Å². The molecule has 1 N–H and O–H groups in total. The maximum Gasteiger partial charge on any atom is 0.415 e. The number of hydrogen-bond donors (Lipinski definition) is 1. The Labute approximate surface area is 96.8 Å². The standard InChI is InChI=1S/C10H15F3N2O2/c1-5(6(16)10(11,12)13)7-14-8(15-17-7)9(2,3)4/h5-6,16H,1-4H3. The van der Waals surface area contributed by atoms with Crippen LogP contribution in [-0.4, -0.2) is 27.5 Å². The normalized spacial score (nSPS) is 16.9. The Hall–Kier alpha value is -1.11. The number of aliphatic hydroxyl groups excluding tert-OH is 1. The molecule has 0 aliphatic rings. The lowest BCUT2D eigenvalue weighted by molar-refractivity contribution is -0.210. The van der Waals surface area contributed by atoms with E-state index in [4.69, 9.17) is 9.63 Å². The van der Waals surface area contributed by atoms with Crippen LogP contribution in [0.2, 0.25) is 0 Å². The molecule has 7 heteroatoms. The van der Waals surface area contributed by atoms with E-state index in [9.17, 15) is 13.2 Å². The van der Waals surface area contributed by atoms with E-state index in [0.717, 1.165) is 0 Å². The fourth-order valence-electron chi connectivity index (χ4n) is 1.14. The van der Waals surface area contributed by atoms with Crippen molar-refractivity contribution in [2.24, 2.45) is 0 Å². The van der Waals surface area contributed by atoms with Gasteiger partial charge in [0.1, 0.15) is 0 Å². The Morgan fingerprint density at radius 1 is 1.24 bits per heavy atom. The molecule has 0 fully saturated rings. The van der Waals surface area contributed by atoms with Gasteiger partial charge in [-0.2, -0.15) is 18.2 Å². The van der Waals surface area contributed by atoms with E-state index in [1.165, 1.54) is 6.92 Å². The zero-order valence-corrected chi connectivity index (χ0v) is 10.0. The summed E-state index contributed by atoms with van der Waals surface area (Å²) >= 11 is 0. The van der Waals surface area contributed by atoms with Crippen LogP contribution in [0.3, 0.4) is 0 Å². The van der Waals surface area contributed by atoms with Crippen LogP contribution in [0.4, 0.5) is 13.2 Å². The van der Waals surface area contributed by atoms with Crippen molar-refractivity contribution < 1.29 is 22.8 Å². The van der Waals surface area contributed by atoms with Crippen molar-refractivity contribution in [3.05, 3.63) is 11.7 Å². The van der Waals surface area contributed by atoms with Crippen molar-refractivity contribution >= 4 is 0 Å². The highest BCUT2D eigenvalue weighted by atomic mass is 19.4. The third-order valence-electron chi connectivity index (χ3n) is 2.31. The van der Waals surface area contributed by atoms with Gasteiger partial charge in [-0.1, -0.05) is 32.9 Å². The molecule has 0 bridgehead atoms. The van der Waals surface area contributed by atoms with Crippen LogP contribution in [0.15, 0.2) is 4.52 Å². The Morgan fingerprint density at radius 3 is 2.12 bits per heavy atom. The molecule has 1 aromatic heterocycles. The summed E-state index contributed by atoms with van der Waals surface area (Å²) < 4.78 is 41.6. The van der Waals surface area contributed by atoms with Gasteiger partial charge in [-0.3, -0.25) is 0 Å². The summed E-state index contributed by atoms with van der Waals surface area (Å²) in [6.07, 6.45) is -7.20. The number of hydrogen-bond acceptors (Lipinski definition) is 4. The second-order valence-corrected chi connectivity index (χ2v) is 4.98. The molecule has 1 rings (SSSR count). The van der Waals surface area contributed by atoms with Crippen molar-refractivity contribution in [3.63, 3.8) is 0 Å². The summed E-state index contributed by atoms with van der Waals surface area (Å²) in [6, 6.07) is 0. The fourth-order valence-corrected chi connectivity index (χ4v) is 1.14. The number of rotatable bonds is 2. The number of nitrogens with zero attached hydrogens (tertiary/aromatic N) is 2. The summed E-state index contributed by atoms with van der Waals surface area (Å²) in [7, 11) is 0. The third kappa shape index (κ3) is 3.18. The van der Waals surface area contributed by atoms with Gasteiger partial charge in [0.15, 0.2) is 11.9 Å². The molecule has 2 unspecified atom stereocenters. The number of halogens is 3. The van der Waals surface area contributed by atoms with Gasteiger partial charge in [-0.15, -0.1) is 0 Å². The Kier molecular flexibility index (Phi) is 3.52. The molecule has 0 radical (unpaired) electrons. The Balaban J connectivity index is 2.91. The lowest BCUT2D eigenvalue weighted by Gasteiger charge is -2.18. The molecular formula is C10H15F3N2O2. The first-order chi connectivity index (χ1) is 7.53. The predicted molar refractivity (Wildman–Crippen MR) is 53.5 cm³/mol. The molecule has 0 aliphatic carbocycles. The smallest absolute Gasteiger partial charge is 0.383 e. The first kappa shape index (κ1) is 14.0. The van der Waals surface area contributed by atoms with E-state index in [2.05, 4.69) is 10.1 Å². The van der Waals surface area contributed by atoms with E-state index in [1.54, 1.807) is 0 Å². The Morgan fingerprint density at radius 2 is 1.76 bits per heavy atom. The first-order valence-corrected chi connectivity index (χ1v) is 5.12. The van der Waals surface area contributed by atoms with Crippen LogP contribution in [0.1, 0.15) is 45.3 Å². The van der Waals surface area contributed by atoms with Gasteiger partial charge in [0.25, 0.3) is 0 Å². The number of alkyl halides is 3. The minimum absolute atomic E-state index is 0.209. The number of aliphatic hydroxyl groups is 1. The second kappa shape index (κ2) is 4.29. The first-order valence-electron chi connectivity index (χ1n) is 5.12. The molecule has 1 heterocycles. The summed E-state index contributed by atoms with van der Waals surface area (Å²) in [5.41, 5.74) is -0.412. The highest BCUT2D eigenvalue weighted by Crippen LogP contribution is 2.31. The summed E-state index contributed by atoms with van der Waals surface area (Å²) in [5.74, 6) is -1.17. The van der Waals surface area contributed by atoms with Crippen LogP contribution >= 0.6 is 0 Å². The minimum atomic E-state index is -4.70. The van der Waals surface area contributed by atoms with Gasteiger partial charge >= 0.3 is 6.18 Å². The largest absolute Gasteiger partial charge is 0.415 e. The van der Waals surface area contributed by atoms with Gasteiger partial charge in [0, 0.05) is 5.41 Å². The molecule has 0 spiro atoms. The molecule has 0 aliphatic heterocycles. The van der Waals surface area contributed by atoms with Gasteiger partial charge in [0.05, 0.1) is 5.92 Å². The molecule has 0 aromatic carbocycles. The third-order valence-corrected chi connectivity index (χ3v) is 2.31. The summed E-state index contributed by atoms with van der Waals surface area (Å²) in [5, 5.41) is 12.7. The molecule has 2 atom stereocenters. The molecule has 17 heavy (non-hydrogen) atoms. The second-order valence-electron chi connectivity index (χ2n) is 4.98. The minimum Gasteiger partial charge on any atom is -0.383 e. The SMILES string of the molecule is CC(c1nc(C(C)(C)C)no1)C(O)C(F)(F)F. The summed E-state index contributed by atoms with van der Waals surface area (Å²) in [4.78, 5) is 3.88. The van der Waals surface area contributed by atoms with E-state index in [1.807, 2.05) is 20.8 Å². The van der Waals surface area contributed by atoms with E-state index in [-0.39, 0.29) is 5.89 Å². The molecule has 0 saturated carbocycles. The molecule has 1 aromatic rings. The van der Waals surface area contributed by atoms with Crippen molar-refractivity contribution in [1.82, 2.24) is 10.1 Å². The van der Waals surface area contributed by atoms with E-state index >= 15 is 0 Å². The summed E-state index contributed by atoms with van der Waals surface area (Å²) in [6.45, 7) is 6.63. The molecular weight excluding hydrogens is 237 g/mol. The van der Waals surface area contributed by atoms with Crippen LogP contribution in [0.25, 0.3) is 0 Å². The van der Waals surface area contributed by atoms with Crippen molar-refractivity contribution in [2.75, 3.05) is 0 Å². The van der Waals surface area contributed by atoms with Gasteiger partial charge in [0.2, 0.25) is 5.89 Å². The van der Waals surface area contributed by atoms with Gasteiger partial charge < -0.3 is 9.63 Å². The molecule has 0 amide bonds. The van der Waals surface area contributed by atoms with Crippen molar-refractivity contribution in [1.29, 1.82) is 0 Å². The fraction of sp³-hybridized carbons (Fsp3) is 0.800. The quantitative estimate of drug-likeness (QED) is 0.878. The van der Waals surface area contributed by atoms with Crippen LogP contribution < -0.4 is 0 Å².